The predicted molar refractivity (Wildman–Crippen MR) is 96.5 cm³/mol. The van der Waals surface area contributed by atoms with Crippen LogP contribution >= 0.6 is 0 Å². The molecule has 2 unspecified atom stereocenters. The van der Waals surface area contributed by atoms with Gasteiger partial charge in [-0.15, -0.1) is 0 Å². The molecule has 5 nitrogen and oxygen atoms in total. The molecule has 3 aliphatic rings. The van der Waals surface area contributed by atoms with Crippen LogP contribution in [0.15, 0.2) is 48.3 Å². The number of aliphatic hydroxyl groups is 1. The van der Waals surface area contributed by atoms with Crippen LogP contribution in [0.3, 0.4) is 0 Å². The van der Waals surface area contributed by atoms with Gasteiger partial charge in [0.1, 0.15) is 18.8 Å². The molecule has 0 aromatic carbocycles. The average Bonchev–Trinajstić information content (AvgIpc) is 2.64. The lowest BCUT2D eigenvalue weighted by molar-refractivity contribution is -0.0156. The monoisotopic (exact) mass is 347 g/mol. The summed E-state index contributed by atoms with van der Waals surface area (Å²) in [7, 11) is 0. The van der Waals surface area contributed by atoms with Crippen molar-refractivity contribution in [1.82, 2.24) is 4.90 Å². The highest BCUT2D eigenvalue weighted by atomic mass is 16.5. The van der Waals surface area contributed by atoms with Crippen LogP contribution in [-0.4, -0.2) is 49.0 Å². The summed E-state index contributed by atoms with van der Waals surface area (Å²) in [6.45, 7) is 5.40. The molecule has 0 aromatic rings. The molecular formula is C20H29NO4. The van der Waals surface area contributed by atoms with Gasteiger partial charge in [-0.3, -0.25) is 4.90 Å². The maximum absolute atomic E-state index is 8.97. The van der Waals surface area contributed by atoms with Crippen molar-refractivity contribution in [2.24, 2.45) is 5.41 Å². The lowest BCUT2D eigenvalue weighted by Gasteiger charge is -2.45. The summed E-state index contributed by atoms with van der Waals surface area (Å²) >= 11 is 0. The fourth-order valence-corrected chi connectivity index (χ4v) is 3.93. The van der Waals surface area contributed by atoms with Gasteiger partial charge in [0, 0.05) is 12.0 Å². The quantitative estimate of drug-likeness (QED) is 0.717. The van der Waals surface area contributed by atoms with E-state index in [2.05, 4.69) is 30.1 Å². The van der Waals surface area contributed by atoms with Gasteiger partial charge >= 0.3 is 0 Å². The first-order valence-electron chi connectivity index (χ1n) is 9.17. The normalized spacial score (nSPS) is 27.9. The number of ether oxygens (including phenoxy) is 3. The molecule has 2 aliphatic heterocycles. The Bertz CT molecular complexity index is 566. The number of aliphatic hydroxyl groups excluding tert-OH is 1. The van der Waals surface area contributed by atoms with E-state index >= 15 is 0 Å². The summed E-state index contributed by atoms with van der Waals surface area (Å²) in [5.74, 6) is 0.851. The summed E-state index contributed by atoms with van der Waals surface area (Å²) in [4.78, 5) is 2.49. The number of likely N-dealkylation sites (tertiary alicyclic amines) is 1. The van der Waals surface area contributed by atoms with Gasteiger partial charge in [0.25, 0.3) is 0 Å². The Balaban J connectivity index is 1.76. The van der Waals surface area contributed by atoms with Gasteiger partial charge in [0.05, 0.1) is 25.9 Å². The van der Waals surface area contributed by atoms with Gasteiger partial charge in [-0.1, -0.05) is 25.2 Å². The third-order valence-electron chi connectivity index (χ3n) is 5.05. The Kier molecular flexibility index (Phi) is 6.34. The van der Waals surface area contributed by atoms with Gasteiger partial charge in [0.15, 0.2) is 5.76 Å². The second-order valence-electron chi connectivity index (χ2n) is 7.32. The molecule has 0 saturated carbocycles. The number of rotatable bonds is 7. The highest BCUT2D eigenvalue weighted by Crippen LogP contribution is 2.36. The Labute approximate surface area is 150 Å². The summed E-state index contributed by atoms with van der Waals surface area (Å²) < 4.78 is 16.8. The molecule has 3 rings (SSSR count). The molecule has 0 radical (unpaired) electrons. The van der Waals surface area contributed by atoms with Gasteiger partial charge < -0.3 is 19.3 Å². The Morgan fingerprint density at radius 2 is 2.32 bits per heavy atom. The van der Waals surface area contributed by atoms with Gasteiger partial charge in [0.2, 0.25) is 0 Å². The molecule has 25 heavy (non-hydrogen) atoms. The van der Waals surface area contributed by atoms with Crippen molar-refractivity contribution in [3.8, 4) is 0 Å². The van der Waals surface area contributed by atoms with Crippen molar-refractivity contribution in [1.29, 1.82) is 0 Å². The summed E-state index contributed by atoms with van der Waals surface area (Å²) in [6, 6.07) is 0.104. The minimum atomic E-state index is 0.0754. The van der Waals surface area contributed by atoms with Gasteiger partial charge in [-0.2, -0.15) is 0 Å². The topological polar surface area (TPSA) is 51.2 Å². The molecule has 1 aliphatic carbocycles. The van der Waals surface area contributed by atoms with Crippen molar-refractivity contribution >= 4 is 0 Å². The number of hydrogen-bond donors (Lipinski definition) is 1. The van der Waals surface area contributed by atoms with E-state index in [0.29, 0.717) is 13.2 Å². The molecule has 0 amide bonds. The first kappa shape index (κ1) is 18.2. The number of nitrogens with zero attached hydrogens (tertiary/aromatic N) is 1. The zero-order chi connectivity index (χ0) is 17.5. The van der Waals surface area contributed by atoms with E-state index in [1.165, 1.54) is 5.57 Å². The van der Waals surface area contributed by atoms with Crippen molar-refractivity contribution in [2.75, 3.05) is 32.9 Å². The molecule has 0 aromatic heterocycles. The Hall–Kier alpha value is -1.56. The molecule has 1 fully saturated rings. The van der Waals surface area contributed by atoms with Crippen molar-refractivity contribution in [3.05, 3.63) is 48.3 Å². The van der Waals surface area contributed by atoms with E-state index in [9.17, 15) is 0 Å². The SMILES string of the molecule is CC1(COCCO)CCCN(C(C2=CC=CCC2)C2=COC=CO2)C1. The molecule has 138 valence electrons. The first-order chi connectivity index (χ1) is 12.2. The van der Waals surface area contributed by atoms with Crippen molar-refractivity contribution in [2.45, 2.75) is 38.6 Å². The predicted octanol–water partition coefficient (Wildman–Crippen LogP) is 3.10. The fraction of sp³-hybridized carbons (Fsp3) is 0.600. The van der Waals surface area contributed by atoms with Crippen molar-refractivity contribution in [3.63, 3.8) is 0 Å². The third kappa shape index (κ3) is 4.75. The molecular weight excluding hydrogens is 318 g/mol. The van der Waals surface area contributed by atoms with Crippen LogP contribution in [0.4, 0.5) is 0 Å². The van der Waals surface area contributed by atoms with E-state index in [-0.39, 0.29) is 18.1 Å². The molecule has 1 saturated heterocycles. The smallest absolute Gasteiger partial charge is 0.160 e. The highest BCUT2D eigenvalue weighted by Gasteiger charge is 2.37. The second-order valence-corrected chi connectivity index (χ2v) is 7.32. The average molecular weight is 347 g/mol. The molecule has 1 N–H and O–H groups in total. The third-order valence-corrected chi connectivity index (χ3v) is 5.05. The lowest BCUT2D eigenvalue weighted by atomic mass is 9.81. The van der Waals surface area contributed by atoms with E-state index in [1.807, 2.05) is 0 Å². The van der Waals surface area contributed by atoms with Crippen LogP contribution < -0.4 is 0 Å². The molecule has 2 heterocycles. The summed E-state index contributed by atoms with van der Waals surface area (Å²) in [5, 5.41) is 8.97. The lowest BCUT2D eigenvalue weighted by Crippen LogP contribution is -2.50. The molecule has 0 bridgehead atoms. The minimum absolute atomic E-state index is 0.0754. The minimum Gasteiger partial charge on any atom is -0.466 e. The zero-order valence-corrected chi connectivity index (χ0v) is 15.0. The van der Waals surface area contributed by atoms with Gasteiger partial charge in [-0.25, -0.2) is 0 Å². The van der Waals surface area contributed by atoms with E-state index in [0.717, 1.165) is 44.5 Å². The number of hydrogen-bond acceptors (Lipinski definition) is 5. The maximum Gasteiger partial charge on any atom is 0.160 e. The molecule has 0 spiro atoms. The largest absolute Gasteiger partial charge is 0.466 e. The van der Waals surface area contributed by atoms with E-state index < -0.39 is 0 Å². The highest BCUT2D eigenvalue weighted by molar-refractivity contribution is 5.30. The van der Waals surface area contributed by atoms with Crippen LogP contribution in [0, 0.1) is 5.41 Å². The second kappa shape index (κ2) is 8.70. The standard InChI is InChI=1S/C20H29NO4/c1-20(16-24-11-10-22)8-5-9-21(15-20)19(17-6-3-2-4-7-17)18-14-23-12-13-25-18/h2-3,6,12-14,19,22H,4-5,7-11,15-16H2,1H3. The first-order valence-corrected chi connectivity index (χ1v) is 9.17. The van der Waals surface area contributed by atoms with E-state index in [4.69, 9.17) is 19.3 Å². The summed E-state index contributed by atoms with van der Waals surface area (Å²) in [6.07, 6.45) is 15.8. The van der Waals surface area contributed by atoms with Crippen LogP contribution in [0.2, 0.25) is 0 Å². The van der Waals surface area contributed by atoms with Crippen LogP contribution in [0.25, 0.3) is 0 Å². The van der Waals surface area contributed by atoms with Crippen LogP contribution in [-0.2, 0) is 14.2 Å². The summed E-state index contributed by atoms with van der Waals surface area (Å²) in [5.41, 5.74) is 1.45. The van der Waals surface area contributed by atoms with Crippen LogP contribution in [0.5, 0.6) is 0 Å². The number of piperidine rings is 1. The Morgan fingerprint density at radius 3 is 3.04 bits per heavy atom. The van der Waals surface area contributed by atoms with Crippen LogP contribution in [0.1, 0.15) is 32.6 Å². The van der Waals surface area contributed by atoms with Crippen molar-refractivity contribution < 1.29 is 19.3 Å². The number of allylic oxidation sites excluding steroid dienone is 3. The fourth-order valence-electron chi connectivity index (χ4n) is 3.93. The van der Waals surface area contributed by atoms with E-state index in [1.54, 1.807) is 18.8 Å². The maximum atomic E-state index is 8.97. The molecule has 2 atom stereocenters. The van der Waals surface area contributed by atoms with Gasteiger partial charge in [-0.05, 0) is 37.8 Å². The molecule has 5 heteroatoms. The zero-order valence-electron chi connectivity index (χ0n) is 15.0. The Morgan fingerprint density at radius 1 is 1.40 bits per heavy atom.